The highest BCUT2D eigenvalue weighted by Gasteiger charge is 2.35. The van der Waals surface area contributed by atoms with E-state index in [4.69, 9.17) is 0 Å². The van der Waals surface area contributed by atoms with Gasteiger partial charge in [-0.3, -0.25) is 9.48 Å². The molecular weight excluding hydrogens is 390 g/mol. The quantitative estimate of drug-likeness (QED) is 0.605. The minimum atomic E-state index is 0.174. The summed E-state index contributed by atoms with van der Waals surface area (Å²) >= 11 is 0. The Morgan fingerprint density at radius 2 is 2.10 bits per heavy atom. The fraction of sp³-hybridized carbons (Fsp3) is 0.478. The van der Waals surface area contributed by atoms with Crippen LogP contribution in [0.5, 0.6) is 0 Å². The SMILES string of the molecule is CN(CCc1cnn(C)c1)Cc1ccc2n(c1=O)C[C@H]1C[C@@H]2CN(c2cccnn2)C1. The van der Waals surface area contributed by atoms with Crippen LogP contribution in [-0.2, 0) is 26.6 Å². The Balaban J connectivity index is 1.30. The Labute approximate surface area is 182 Å². The number of hydrogen-bond acceptors (Lipinski definition) is 6. The van der Waals surface area contributed by atoms with Crippen molar-refractivity contribution in [3.05, 3.63) is 70.0 Å². The molecule has 2 bridgehead atoms. The maximum absolute atomic E-state index is 13.3. The minimum Gasteiger partial charge on any atom is -0.354 e. The zero-order chi connectivity index (χ0) is 21.4. The number of aryl methyl sites for hydroxylation is 1. The van der Waals surface area contributed by atoms with Gasteiger partial charge in [-0.2, -0.15) is 10.2 Å². The molecule has 0 spiro atoms. The van der Waals surface area contributed by atoms with E-state index in [2.05, 4.69) is 38.2 Å². The average molecular weight is 420 g/mol. The number of likely N-dealkylation sites (N-methyl/N-ethyl adjacent to an activating group) is 1. The van der Waals surface area contributed by atoms with E-state index < -0.39 is 0 Å². The van der Waals surface area contributed by atoms with Crippen molar-refractivity contribution >= 4 is 5.82 Å². The van der Waals surface area contributed by atoms with Gasteiger partial charge in [0.1, 0.15) is 0 Å². The van der Waals surface area contributed by atoms with E-state index >= 15 is 0 Å². The lowest BCUT2D eigenvalue weighted by Gasteiger charge is -2.43. The Morgan fingerprint density at radius 1 is 1.19 bits per heavy atom. The Kier molecular flexibility index (Phi) is 5.31. The van der Waals surface area contributed by atoms with Crippen LogP contribution in [0.2, 0.25) is 0 Å². The number of pyridine rings is 1. The van der Waals surface area contributed by atoms with Gasteiger partial charge < -0.3 is 14.4 Å². The van der Waals surface area contributed by atoms with E-state index in [9.17, 15) is 4.79 Å². The second-order valence-electron chi connectivity index (χ2n) is 8.99. The van der Waals surface area contributed by atoms with E-state index in [1.807, 2.05) is 46.9 Å². The Bertz CT molecular complexity index is 1110. The molecule has 0 amide bonds. The van der Waals surface area contributed by atoms with E-state index in [0.29, 0.717) is 18.4 Å². The van der Waals surface area contributed by atoms with Crippen molar-refractivity contribution in [3.63, 3.8) is 0 Å². The predicted octanol–water partition coefficient (Wildman–Crippen LogP) is 1.67. The van der Waals surface area contributed by atoms with Crippen molar-refractivity contribution in [2.75, 3.05) is 31.6 Å². The molecule has 5 heterocycles. The van der Waals surface area contributed by atoms with Crippen LogP contribution in [0.15, 0.2) is 47.7 Å². The first kappa shape index (κ1) is 19.9. The number of nitrogens with zero attached hydrogens (tertiary/aromatic N) is 7. The summed E-state index contributed by atoms with van der Waals surface area (Å²) in [6.45, 7) is 4.16. The van der Waals surface area contributed by atoms with Crippen LogP contribution in [-0.4, -0.2) is 56.1 Å². The molecule has 2 aliphatic heterocycles. The summed E-state index contributed by atoms with van der Waals surface area (Å²) in [6, 6.07) is 8.16. The second kappa shape index (κ2) is 8.26. The molecule has 162 valence electrons. The van der Waals surface area contributed by atoms with Gasteiger partial charge in [-0.05, 0) is 49.6 Å². The molecule has 1 fully saturated rings. The minimum absolute atomic E-state index is 0.174. The summed E-state index contributed by atoms with van der Waals surface area (Å²) in [5, 5.41) is 12.5. The van der Waals surface area contributed by atoms with Gasteiger partial charge in [0.25, 0.3) is 5.56 Å². The van der Waals surface area contributed by atoms with Crippen LogP contribution in [0, 0.1) is 5.92 Å². The molecule has 8 nitrogen and oxygen atoms in total. The number of fused-ring (bicyclic) bond motifs is 4. The molecule has 0 N–H and O–H groups in total. The molecule has 1 saturated heterocycles. The molecule has 0 radical (unpaired) electrons. The molecule has 8 heteroatoms. The Morgan fingerprint density at radius 3 is 2.87 bits per heavy atom. The van der Waals surface area contributed by atoms with Gasteiger partial charge in [-0.25, -0.2) is 0 Å². The Hall–Kier alpha value is -3.00. The highest BCUT2D eigenvalue weighted by atomic mass is 16.1. The van der Waals surface area contributed by atoms with Crippen molar-refractivity contribution < 1.29 is 0 Å². The smallest absolute Gasteiger partial charge is 0.255 e. The van der Waals surface area contributed by atoms with Gasteiger partial charge in [-0.15, -0.1) is 5.10 Å². The molecule has 3 aromatic heterocycles. The van der Waals surface area contributed by atoms with Crippen molar-refractivity contribution in [1.29, 1.82) is 0 Å². The molecule has 31 heavy (non-hydrogen) atoms. The van der Waals surface area contributed by atoms with Gasteiger partial charge in [0.15, 0.2) is 5.82 Å². The number of anilines is 1. The number of piperidine rings is 1. The highest BCUT2D eigenvalue weighted by Crippen LogP contribution is 2.36. The summed E-state index contributed by atoms with van der Waals surface area (Å²) in [7, 11) is 4.01. The van der Waals surface area contributed by atoms with Crippen LogP contribution in [0.3, 0.4) is 0 Å². The number of rotatable bonds is 6. The lowest BCUT2D eigenvalue weighted by atomic mass is 9.83. The topological polar surface area (TPSA) is 72.1 Å². The summed E-state index contributed by atoms with van der Waals surface area (Å²) < 4.78 is 3.87. The normalized spacial score (nSPS) is 20.2. The maximum Gasteiger partial charge on any atom is 0.255 e. The second-order valence-corrected chi connectivity index (χ2v) is 8.99. The standard InChI is InChI=1S/C23H29N7O/c1-27(9-7-17-11-25-28(2)12-17)15-19-5-6-21-20-10-18(14-30(21)23(19)31)13-29(16-20)22-4-3-8-24-26-22/h3-6,8,11-12,18,20H,7,9-10,13-16H2,1-2H3/t18-,20+/m0/s1. The third-order valence-corrected chi connectivity index (χ3v) is 6.55. The molecule has 0 saturated carbocycles. The molecular formula is C23H29N7O. The summed E-state index contributed by atoms with van der Waals surface area (Å²) in [5.74, 6) is 1.75. The van der Waals surface area contributed by atoms with E-state index in [-0.39, 0.29) is 5.56 Å². The molecule has 2 aliphatic rings. The zero-order valence-electron chi connectivity index (χ0n) is 18.2. The zero-order valence-corrected chi connectivity index (χ0v) is 18.2. The van der Waals surface area contributed by atoms with Crippen LogP contribution in [0.4, 0.5) is 5.82 Å². The third kappa shape index (κ3) is 4.12. The lowest BCUT2D eigenvalue weighted by molar-refractivity contribution is 0.276. The van der Waals surface area contributed by atoms with Crippen LogP contribution in [0.1, 0.15) is 29.2 Å². The first-order valence-corrected chi connectivity index (χ1v) is 11.0. The van der Waals surface area contributed by atoms with E-state index in [0.717, 1.165) is 56.1 Å². The van der Waals surface area contributed by atoms with E-state index in [1.54, 1.807) is 6.20 Å². The van der Waals surface area contributed by atoms with Crippen LogP contribution in [0.25, 0.3) is 0 Å². The third-order valence-electron chi connectivity index (χ3n) is 6.55. The fourth-order valence-electron chi connectivity index (χ4n) is 5.05. The van der Waals surface area contributed by atoms with Crippen molar-refractivity contribution in [1.82, 2.24) is 29.4 Å². The van der Waals surface area contributed by atoms with Crippen molar-refractivity contribution in [3.8, 4) is 0 Å². The summed E-state index contributed by atoms with van der Waals surface area (Å²) in [6.07, 6.45) is 7.73. The van der Waals surface area contributed by atoms with Gasteiger partial charge in [0.2, 0.25) is 0 Å². The molecule has 0 aromatic carbocycles. The molecule has 5 rings (SSSR count). The lowest BCUT2D eigenvalue weighted by Crippen LogP contribution is -2.48. The summed E-state index contributed by atoms with van der Waals surface area (Å²) in [5.41, 5.74) is 3.44. The van der Waals surface area contributed by atoms with Crippen LogP contribution < -0.4 is 10.5 Å². The number of hydrogen-bond donors (Lipinski definition) is 0. The molecule has 0 unspecified atom stereocenters. The van der Waals surface area contributed by atoms with Gasteiger partial charge in [-0.1, -0.05) is 6.07 Å². The van der Waals surface area contributed by atoms with Gasteiger partial charge in [0.05, 0.1) is 6.20 Å². The molecule has 0 aliphatic carbocycles. The first-order valence-electron chi connectivity index (χ1n) is 11.0. The summed E-state index contributed by atoms with van der Waals surface area (Å²) in [4.78, 5) is 17.8. The molecule has 3 aromatic rings. The molecule has 2 atom stereocenters. The van der Waals surface area contributed by atoms with Gasteiger partial charge >= 0.3 is 0 Å². The number of aromatic nitrogens is 5. The maximum atomic E-state index is 13.3. The average Bonchev–Trinajstić information content (AvgIpc) is 3.20. The van der Waals surface area contributed by atoms with E-state index in [1.165, 1.54) is 5.56 Å². The van der Waals surface area contributed by atoms with Crippen molar-refractivity contribution in [2.24, 2.45) is 13.0 Å². The predicted molar refractivity (Wildman–Crippen MR) is 119 cm³/mol. The van der Waals surface area contributed by atoms with Crippen LogP contribution >= 0.6 is 0 Å². The van der Waals surface area contributed by atoms with Crippen molar-refractivity contribution in [2.45, 2.75) is 31.8 Å². The largest absolute Gasteiger partial charge is 0.354 e. The fourth-order valence-corrected chi connectivity index (χ4v) is 5.05. The first-order chi connectivity index (χ1) is 15.1. The van der Waals surface area contributed by atoms with Gasteiger partial charge in [0, 0.05) is 69.3 Å². The highest BCUT2D eigenvalue weighted by molar-refractivity contribution is 5.39. The monoisotopic (exact) mass is 419 g/mol.